The van der Waals surface area contributed by atoms with Crippen molar-refractivity contribution in [3.63, 3.8) is 0 Å². The van der Waals surface area contributed by atoms with Crippen LogP contribution in [-0.4, -0.2) is 15.0 Å². The lowest BCUT2D eigenvalue weighted by atomic mass is 9.82. The van der Waals surface area contributed by atoms with Crippen molar-refractivity contribution in [2.45, 2.75) is 19.3 Å². The van der Waals surface area contributed by atoms with Gasteiger partial charge in [0.2, 0.25) is 0 Å². The maximum absolute atomic E-state index is 6.53. The molecule has 0 amide bonds. The Labute approximate surface area is 345 Å². The zero-order valence-corrected chi connectivity index (χ0v) is 33.2. The zero-order valence-electron chi connectivity index (χ0n) is 32.4. The third-order valence-electron chi connectivity index (χ3n) is 12.2. The third kappa shape index (κ3) is 5.39. The molecule has 12 rings (SSSR count). The van der Waals surface area contributed by atoms with E-state index in [0.29, 0.717) is 17.5 Å². The van der Waals surface area contributed by atoms with Crippen molar-refractivity contribution >= 4 is 53.4 Å². The molecule has 1 aliphatic rings. The zero-order chi connectivity index (χ0) is 39.2. The van der Waals surface area contributed by atoms with Gasteiger partial charge in [0.25, 0.3) is 0 Å². The van der Waals surface area contributed by atoms with Crippen molar-refractivity contribution in [3.8, 4) is 67.5 Å². The number of nitrogens with zero attached hydrogens (tertiary/aromatic N) is 3. The van der Waals surface area contributed by atoms with E-state index in [4.69, 9.17) is 19.4 Å². The van der Waals surface area contributed by atoms with E-state index in [0.717, 1.165) is 49.8 Å². The summed E-state index contributed by atoms with van der Waals surface area (Å²) in [6, 6.07) is 62.6. The summed E-state index contributed by atoms with van der Waals surface area (Å²) >= 11 is 1.81. The second-order valence-electron chi connectivity index (χ2n) is 16.0. The summed E-state index contributed by atoms with van der Waals surface area (Å²) in [4.78, 5) is 15.5. The van der Waals surface area contributed by atoms with Crippen LogP contribution in [0.15, 0.2) is 180 Å². The fraction of sp³-hybridized carbons (Fsp3) is 0.0556. The minimum absolute atomic E-state index is 0.0202. The van der Waals surface area contributed by atoms with Crippen molar-refractivity contribution in [1.29, 1.82) is 0 Å². The van der Waals surface area contributed by atoms with E-state index in [1.54, 1.807) is 11.3 Å². The molecule has 0 spiro atoms. The van der Waals surface area contributed by atoms with Crippen LogP contribution in [0.4, 0.5) is 0 Å². The van der Waals surface area contributed by atoms with Crippen LogP contribution in [0.5, 0.6) is 0 Å². The molecular weight excluding hydrogens is 739 g/mol. The first-order valence-corrected chi connectivity index (χ1v) is 20.8. The lowest BCUT2D eigenvalue weighted by Crippen LogP contribution is -2.14. The van der Waals surface area contributed by atoms with Gasteiger partial charge in [-0.25, -0.2) is 15.0 Å². The molecule has 1 aliphatic carbocycles. The van der Waals surface area contributed by atoms with E-state index in [1.165, 1.54) is 53.6 Å². The molecule has 4 nitrogen and oxygen atoms in total. The van der Waals surface area contributed by atoms with Crippen LogP contribution in [0, 0.1) is 0 Å². The Morgan fingerprint density at radius 3 is 1.88 bits per heavy atom. The minimum atomic E-state index is -0.0202. The molecule has 0 unspecified atom stereocenters. The average Bonchev–Trinajstić information content (AvgIpc) is 3.93. The van der Waals surface area contributed by atoms with Crippen LogP contribution in [0.2, 0.25) is 0 Å². The number of hydrogen-bond donors (Lipinski definition) is 0. The average molecular weight is 774 g/mol. The predicted octanol–water partition coefficient (Wildman–Crippen LogP) is 14.8. The predicted molar refractivity (Wildman–Crippen MR) is 245 cm³/mol. The van der Waals surface area contributed by atoms with Crippen molar-refractivity contribution in [2.75, 3.05) is 0 Å². The first-order valence-electron chi connectivity index (χ1n) is 20.0. The van der Waals surface area contributed by atoms with Gasteiger partial charge in [-0.05, 0) is 99.1 Å². The molecule has 5 heteroatoms. The Balaban J connectivity index is 0.989. The summed E-state index contributed by atoms with van der Waals surface area (Å²) in [6.07, 6.45) is 0. The molecule has 3 heterocycles. The first kappa shape index (κ1) is 33.9. The number of hydrogen-bond acceptors (Lipinski definition) is 5. The number of thiophene rings is 1. The topological polar surface area (TPSA) is 51.8 Å². The monoisotopic (exact) mass is 773 g/mol. The number of furan rings is 1. The van der Waals surface area contributed by atoms with Crippen LogP contribution in [-0.2, 0) is 5.41 Å². The van der Waals surface area contributed by atoms with E-state index in [2.05, 4.69) is 159 Å². The van der Waals surface area contributed by atoms with Crippen molar-refractivity contribution in [1.82, 2.24) is 15.0 Å². The largest absolute Gasteiger partial charge is 0.456 e. The van der Waals surface area contributed by atoms with E-state index < -0.39 is 0 Å². The lowest BCUT2D eigenvalue weighted by molar-refractivity contribution is 0.660. The number of fused-ring (bicyclic) bond motifs is 9. The van der Waals surface area contributed by atoms with Crippen LogP contribution in [0.25, 0.3) is 110 Å². The molecule has 278 valence electrons. The first-order chi connectivity index (χ1) is 29.0. The molecule has 0 aliphatic heterocycles. The highest BCUT2D eigenvalue weighted by molar-refractivity contribution is 7.25. The van der Waals surface area contributed by atoms with E-state index in [9.17, 15) is 0 Å². The molecule has 0 saturated heterocycles. The molecule has 0 bridgehead atoms. The second kappa shape index (κ2) is 12.9. The smallest absolute Gasteiger partial charge is 0.164 e. The van der Waals surface area contributed by atoms with Crippen molar-refractivity contribution < 1.29 is 4.42 Å². The van der Waals surface area contributed by atoms with Gasteiger partial charge in [-0.1, -0.05) is 135 Å². The fourth-order valence-corrected chi connectivity index (χ4v) is 10.3. The number of benzene rings is 8. The Bertz CT molecular complexity index is 3490. The highest BCUT2D eigenvalue weighted by Gasteiger charge is 2.35. The summed E-state index contributed by atoms with van der Waals surface area (Å²) < 4.78 is 9.04. The van der Waals surface area contributed by atoms with Gasteiger partial charge in [-0.3, -0.25) is 0 Å². The standard InChI is InChI=1S/C54H35N3OS/c1-54(2)44-19-8-6-16-38(44)41-29-35(22-25-45(41)54)33-14-10-15-34(28-33)36-23-26-46-43(30-36)50-40(18-11-20-47(50)58-46)53-56-51(32-12-4-3-5-13-32)55-52(57-53)37-24-27-49-42(31-37)39-17-7-9-21-48(39)59-49/h3-31H,1-2H3. The molecular formula is C54H35N3OS. The van der Waals surface area contributed by atoms with E-state index in [1.807, 2.05) is 30.3 Å². The molecule has 59 heavy (non-hydrogen) atoms. The molecule has 8 aromatic carbocycles. The minimum Gasteiger partial charge on any atom is -0.456 e. The fourth-order valence-electron chi connectivity index (χ4n) is 9.18. The van der Waals surface area contributed by atoms with E-state index >= 15 is 0 Å². The number of rotatable bonds is 5. The third-order valence-corrected chi connectivity index (χ3v) is 13.3. The molecule has 0 fully saturated rings. The maximum atomic E-state index is 6.53. The van der Waals surface area contributed by atoms with Gasteiger partial charge in [-0.15, -0.1) is 11.3 Å². The van der Waals surface area contributed by atoms with Crippen LogP contribution in [0.3, 0.4) is 0 Å². The Hall–Kier alpha value is -7.21. The van der Waals surface area contributed by atoms with Gasteiger partial charge >= 0.3 is 0 Å². The van der Waals surface area contributed by atoms with Crippen molar-refractivity contribution in [3.05, 3.63) is 187 Å². The van der Waals surface area contributed by atoms with Gasteiger partial charge in [0, 0.05) is 53.1 Å². The van der Waals surface area contributed by atoms with Gasteiger partial charge in [0.15, 0.2) is 17.5 Å². The summed E-state index contributed by atoms with van der Waals surface area (Å²) in [5.74, 6) is 1.86. The Kier molecular flexibility index (Phi) is 7.41. The normalized spacial score (nSPS) is 13.1. The second-order valence-corrected chi connectivity index (χ2v) is 17.1. The van der Waals surface area contributed by atoms with Gasteiger partial charge in [0.05, 0.1) is 0 Å². The van der Waals surface area contributed by atoms with Gasteiger partial charge in [0.1, 0.15) is 11.2 Å². The van der Waals surface area contributed by atoms with Crippen LogP contribution in [0.1, 0.15) is 25.0 Å². The van der Waals surface area contributed by atoms with Crippen LogP contribution >= 0.6 is 11.3 Å². The summed E-state index contributed by atoms with van der Waals surface area (Å²) in [5.41, 5.74) is 14.4. The Morgan fingerprint density at radius 1 is 0.390 bits per heavy atom. The van der Waals surface area contributed by atoms with E-state index in [-0.39, 0.29) is 5.41 Å². The van der Waals surface area contributed by atoms with Crippen LogP contribution < -0.4 is 0 Å². The summed E-state index contributed by atoms with van der Waals surface area (Å²) in [5, 5.41) is 4.45. The molecule has 0 saturated carbocycles. The number of aromatic nitrogens is 3. The molecule has 3 aromatic heterocycles. The molecule has 0 N–H and O–H groups in total. The highest BCUT2D eigenvalue weighted by Crippen LogP contribution is 2.50. The molecule has 0 atom stereocenters. The van der Waals surface area contributed by atoms with Gasteiger partial charge < -0.3 is 4.42 Å². The molecule has 0 radical (unpaired) electrons. The van der Waals surface area contributed by atoms with Crippen molar-refractivity contribution in [2.24, 2.45) is 0 Å². The quantitative estimate of drug-likeness (QED) is 0.175. The summed E-state index contributed by atoms with van der Waals surface area (Å²) in [6.45, 7) is 4.65. The SMILES string of the molecule is CC1(C)c2ccccc2-c2cc(-c3cccc(-c4ccc5oc6cccc(-c7nc(-c8ccccc8)nc(-c8ccc9sc%10ccccc%10c9c8)n7)c6c5c4)c3)ccc21. The molecule has 11 aromatic rings. The Morgan fingerprint density at radius 2 is 1.00 bits per heavy atom. The summed E-state index contributed by atoms with van der Waals surface area (Å²) in [7, 11) is 0. The lowest BCUT2D eigenvalue weighted by Gasteiger charge is -2.21. The highest BCUT2D eigenvalue weighted by atomic mass is 32.1. The van der Waals surface area contributed by atoms with Gasteiger partial charge in [-0.2, -0.15) is 0 Å². The maximum Gasteiger partial charge on any atom is 0.164 e.